The number of fused-ring (bicyclic) bond motifs is 1. The first-order chi connectivity index (χ1) is 9.33. The molecule has 1 saturated carbocycles. The molecule has 3 rings (SSSR count). The van der Waals surface area contributed by atoms with Gasteiger partial charge >= 0.3 is 0 Å². The summed E-state index contributed by atoms with van der Waals surface area (Å²) in [7, 11) is 0. The topological polar surface area (TPSA) is 29.3 Å². The normalized spacial score (nSPS) is 18.6. The quantitative estimate of drug-likeness (QED) is 0.858. The Kier molecular flexibility index (Phi) is 3.65. The lowest BCUT2D eigenvalue weighted by molar-refractivity contribution is 0.238. The van der Waals surface area contributed by atoms with Crippen LogP contribution >= 0.6 is 11.6 Å². The number of pyridine rings is 1. The van der Waals surface area contributed by atoms with E-state index < -0.39 is 0 Å². The lowest BCUT2D eigenvalue weighted by Gasteiger charge is -2.36. The zero-order valence-corrected chi connectivity index (χ0v) is 11.9. The van der Waals surface area contributed by atoms with Gasteiger partial charge in [-0.3, -0.25) is 4.40 Å². The number of imidazole rings is 1. The molecule has 19 heavy (non-hydrogen) atoms. The van der Waals surface area contributed by atoms with Gasteiger partial charge in [-0.1, -0.05) is 25.3 Å². The number of nitrogens with zero attached hydrogens (tertiary/aromatic N) is 2. The van der Waals surface area contributed by atoms with Crippen LogP contribution in [0.3, 0.4) is 0 Å². The standard InChI is InChI=1S/C15H20ClN3/c16-11-15(7-2-1-3-8-15)12-18-14-6-4-5-13-17-9-10-19(13)14/h4-6,9-10,18H,1-3,7-8,11-12H2. The predicted octanol–water partition coefficient (Wildman–Crippen LogP) is 3.94. The summed E-state index contributed by atoms with van der Waals surface area (Å²) in [5, 5.41) is 3.57. The number of rotatable bonds is 4. The highest BCUT2D eigenvalue weighted by atomic mass is 35.5. The van der Waals surface area contributed by atoms with Crippen LogP contribution < -0.4 is 5.32 Å². The highest BCUT2D eigenvalue weighted by Crippen LogP contribution is 2.37. The first-order valence-electron chi connectivity index (χ1n) is 7.05. The van der Waals surface area contributed by atoms with Crippen molar-refractivity contribution >= 4 is 23.1 Å². The largest absolute Gasteiger partial charge is 0.371 e. The van der Waals surface area contributed by atoms with Crippen LogP contribution in [0.2, 0.25) is 0 Å². The van der Waals surface area contributed by atoms with E-state index in [-0.39, 0.29) is 5.41 Å². The maximum absolute atomic E-state index is 6.24. The Morgan fingerprint density at radius 1 is 1.26 bits per heavy atom. The molecule has 102 valence electrons. The summed E-state index contributed by atoms with van der Waals surface area (Å²) in [6.07, 6.45) is 10.3. The zero-order chi connectivity index (χ0) is 13.1. The summed E-state index contributed by atoms with van der Waals surface area (Å²) in [5.41, 5.74) is 1.25. The average Bonchev–Trinajstić information content (AvgIpc) is 2.95. The molecule has 0 aliphatic heterocycles. The molecular weight excluding hydrogens is 258 g/mol. The van der Waals surface area contributed by atoms with Gasteiger partial charge in [-0.2, -0.15) is 0 Å². The first kappa shape index (κ1) is 12.8. The molecule has 0 amide bonds. The second-order valence-electron chi connectivity index (χ2n) is 5.61. The molecule has 4 heteroatoms. The molecule has 1 fully saturated rings. The lowest BCUT2D eigenvalue weighted by Crippen LogP contribution is -2.34. The van der Waals surface area contributed by atoms with Crippen LogP contribution in [0.1, 0.15) is 32.1 Å². The minimum atomic E-state index is 0.266. The van der Waals surface area contributed by atoms with Crippen molar-refractivity contribution in [3.63, 3.8) is 0 Å². The van der Waals surface area contributed by atoms with Crippen LogP contribution in [0.4, 0.5) is 5.82 Å². The number of nitrogens with one attached hydrogen (secondary N) is 1. The Balaban J connectivity index is 1.76. The second-order valence-corrected chi connectivity index (χ2v) is 5.88. The molecule has 2 aromatic rings. The number of halogens is 1. The number of aromatic nitrogens is 2. The maximum atomic E-state index is 6.24. The average molecular weight is 278 g/mol. The van der Waals surface area contributed by atoms with Crippen LogP contribution in [0.5, 0.6) is 0 Å². The van der Waals surface area contributed by atoms with E-state index in [9.17, 15) is 0 Å². The molecular formula is C15H20ClN3. The van der Waals surface area contributed by atoms with E-state index >= 15 is 0 Å². The van der Waals surface area contributed by atoms with Crippen LogP contribution in [0, 0.1) is 5.41 Å². The van der Waals surface area contributed by atoms with Gasteiger partial charge in [0.25, 0.3) is 0 Å². The van der Waals surface area contributed by atoms with E-state index in [1.165, 1.54) is 32.1 Å². The van der Waals surface area contributed by atoms with Gasteiger partial charge in [-0.25, -0.2) is 4.98 Å². The SMILES string of the molecule is ClCC1(CNc2cccc3nccn23)CCCCC1. The Morgan fingerprint density at radius 3 is 2.89 bits per heavy atom. The van der Waals surface area contributed by atoms with Crippen LogP contribution in [-0.4, -0.2) is 21.8 Å². The number of alkyl halides is 1. The molecule has 0 bridgehead atoms. The number of hydrogen-bond donors (Lipinski definition) is 1. The Hall–Kier alpha value is -1.22. The van der Waals surface area contributed by atoms with Crippen molar-refractivity contribution in [2.24, 2.45) is 5.41 Å². The van der Waals surface area contributed by atoms with E-state index in [2.05, 4.69) is 20.8 Å². The van der Waals surface area contributed by atoms with E-state index in [0.717, 1.165) is 23.9 Å². The minimum absolute atomic E-state index is 0.266. The summed E-state index contributed by atoms with van der Waals surface area (Å²) >= 11 is 6.24. The Bertz CT molecular complexity index is 543. The molecule has 0 atom stereocenters. The fourth-order valence-electron chi connectivity index (χ4n) is 3.03. The van der Waals surface area contributed by atoms with Crippen LogP contribution in [0.25, 0.3) is 5.65 Å². The van der Waals surface area contributed by atoms with Gasteiger partial charge in [0, 0.05) is 30.2 Å². The zero-order valence-electron chi connectivity index (χ0n) is 11.1. The number of hydrogen-bond acceptors (Lipinski definition) is 2. The highest BCUT2D eigenvalue weighted by molar-refractivity contribution is 6.18. The predicted molar refractivity (Wildman–Crippen MR) is 79.9 cm³/mol. The van der Waals surface area contributed by atoms with Gasteiger partial charge in [-0.15, -0.1) is 11.6 Å². The molecule has 1 aliphatic rings. The molecule has 0 unspecified atom stereocenters. The van der Waals surface area contributed by atoms with Crippen molar-refractivity contribution in [2.75, 3.05) is 17.7 Å². The summed E-state index contributed by atoms with van der Waals surface area (Å²) in [6, 6.07) is 6.15. The van der Waals surface area contributed by atoms with Gasteiger partial charge in [0.05, 0.1) is 0 Å². The van der Waals surface area contributed by atoms with Gasteiger partial charge in [-0.05, 0) is 25.0 Å². The van der Waals surface area contributed by atoms with Crippen molar-refractivity contribution in [2.45, 2.75) is 32.1 Å². The molecule has 2 aromatic heterocycles. The molecule has 1 aliphatic carbocycles. The number of anilines is 1. The van der Waals surface area contributed by atoms with Crippen LogP contribution in [-0.2, 0) is 0 Å². The fourth-order valence-corrected chi connectivity index (χ4v) is 3.39. The molecule has 0 spiro atoms. The summed E-state index contributed by atoms with van der Waals surface area (Å²) < 4.78 is 2.09. The molecule has 0 saturated heterocycles. The maximum Gasteiger partial charge on any atom is 0.138 e. The Morgan fingerprint density at radius 2 is 2.11 bits per heavy atom. The molecule has 2 heterocycles. The van der Waals surface area contributed by atoms with Crippen molar-refractivity contribution in [1.29, 1.82) is 0 Å². The van der Waals surface area contributed by atoms with E-state index in [1.54, 1.807) is 0 Å². The third-order valence-corrected chi connectivity index (χ3v) is 4.84. The van der Waals surface area contributed by atoms with Crippen molar-refractivity contribution in [3.05, 3.63) is 30.6 Å². The highest BCUT2D eigenvalue weighted by Gasteiger charge is 2.31. The van der Waals surface area contributed by atoms with Gasteiger partial charge in [0.2, 0.25) is 0 Å². The summed E-state index contributed by atoms with van der Waals surface area (Å²) in [4.78, 5) is 4.31. The fraction of sp³-hybridized carbons (Fsp3) is 0.533. The van der Waals surface area contributed by atoms with Gasteiger partial charge in [0.1, 0.15) is 11.5 Å². The Labute approximate surface area is 119 Å². The summed E-state index contributed by atoms with van der Waals surface area (Å²) in [6.45, 7) is 0.952. The third kappa shape index (κ3) is 2.57. The first-order valence-corrected chi connectivity index (χ1v) is 7.58. The van der Waals surface area contributed by atoms with Crippen molar-refractivity contribution in [3.8, 4) is 0 Å². The third-order valence-electron chi connectivity index (χ3n) is 4.27. The van der Waals surface area contributed by atoms with E-state index in [0.29, 0.717) is 0 Å². The molecule has 1 N–H and O–H groups in total. The van der Waals surface area contributed by atoms with E-state index in [4.69, 9.17) is 11.6 Å². The lowest BCUT2D eigenvalue weighted by atomic mass is 9.75. The molecule has 0 aromatic carbocycles. The monoisotopic (exact) mass is 277 g/mol. The van der Waals surface area contributed by atoms with Gasteiger partial charge in [0.15, 0.2) is 0 Å². The van der Waals surface area contributed by atoms with Crippen molar-refractivity contribution in [1.82, 2.24) is 9.38 Å². The molecule has 0 radical (unpaired) electrons. The summed E-state index contributed by atoms with van der Waals surface area (Å²) in [5.74, 6) is 1.85. The molecule has 3 nitrogen and oxygen atoms in total. The van der Waals surface area contributed by atoms with Gasteiger partial charge < -0.3 is 5.32 Å². The smallest absolute Gasteiger partial charge is 0.138 e. The second kappa shape index (κ2) is 5.41. The van der Waals surface area contributed by atoms with Crippen molar-refractivity contribution < 1.29 is 0 Å². The minimum Gasteiger partial charge on any atom is -0.371 e. The van der Waals surface area contributed by atoms with E-state index in [1.807, 2.05) is 24.5 Å². The van der Waals surface area contributed by atoms with Crippen LogP contribution in [0.15, 0.2) is 30.6 Å².